The van der Waals surface area contributed by atoms with Crippen LogP contribution in [0.5, 0.6) is 0 Å². The normalized spacial score (nSPS) is 16.6. The zero-order chi connectivity index (χ0) is 26.1. The van der Waals surface area contributed by atoms with Crippen molar-refractivity contribution in [1.29, 1.82) is 0 Å². The summed E-state index contributed by atoms with van der Waals surface area (Å²) in [6.45, 7) is 10.2. The molecule has 192 valence electrons. The zero-order valence-corrected chi connectivity index (χ0v) is 21.4. The summed E-state index contributed by atoms with van der Waals surface area (Å²) in [4.78, 5) is 32.0. The Morgan fingerprint density at radius 1 is 1.11 bits per heavy atom. The highest BCUT2D eigenvalue weighted by atomic mass is 16.6. The van der Waals surface area contributed by atoms with Crippen molar-refractivity contribution in [2.75, 3.05) is 23.3 Å². The van der Waals surface area contributed by atoms with Gasteiger partial charge in [-0.3, -0.25) is 4.79 Å². The van der Waals surface area contributed by atoms with E-state index < -0.39 is 17.3 Å². The van der Waals surface area contributed by atoms with Crippen molar-refractivity contribution < 1.29 is 19.4 Å². The minimum atomic E-state index is -0.983. The van der Waals surface area contributed by atoms with E-state index in [9.17, 15) is 14.7 Å². The lowest BCUT2D eigenvalue weighted by atomic mass is 9.97. The summed E-state index contributed by atoms with van der Waals surface area (Å²) in [6.07, 6.45) is 2.93. The molecule has 0 radical (unpaired) electrons. The molecule has 36 heavy (non-hydrogen) atoms. The smallest absolute Gasteiger partial charge is 0.407 e. The summed E-state index contributed by atoms with van der Waals surface area (Å²) in [6, 6.07) is 10.3. The predicted octanol–water partition coefficient (Wildman–Crippen LogP) is 3.70. The fraction of sp³-hybridized carbons (Fsp3) is 0.462. The van der Waals surface area contributed by atoms with Gasteiger partial charge in [-0.25, -0.2) is 9.31 Å². The number of alkyl carbamates (subject to hydrolysis) is 1. The Kier molecular flexibility index (Phi) is 6.90. The molecule has 1 aromatic carbocycles. The first-order chi connectivity index (χ1) is 16.9. The molecule has 2 amide bonds. The van der Waals surface area contributed by atoms with Gasteiger partial charge in [0, 0.05) is 30.8 Å². The highest BCUT2D eigenvalue weighted by molar-refractivity contribution is 6.04. The Labute approximate surface area is 210 Å². The SMILES string of the molecule is CC(C)(C)OC(=O)NC1CCCN(c2nc(NC(=O)c3ccc(C(C)(C)O)cc3)cc3ccnn23)C1. The lowest BCUT2D eigenvalue weighted by Gasteiger charge is -2.34. The van der Waals surface area contributed by atoms with Crippen LogP contribution in [-0.2, 0) is 10.3 Å². The van der Waals surface area contributed by atoms with E-state index in [1.54, 1.807) is 54.9 Å². The summed E-state index contributed by atoms with van der Waals surface area (Å²) in [5.74, 6) is 0.681. The molecule has 4 rings (SSSR count). The summed E-state index contributed by atoms with van der Waals surface area (Å²) in [5, 5.41) is 20.4. The number of aliphatic hydroxyl groups is 1. The van der Waals surface area contributed by atoms with Gasteiger partial charge in [0.15, 0.2) is 0 Å². The molecule has 3 heterocycles. The van der Waals surface area contributed by atoms with Crippen LogP contribution in [0.2, 0.25) is 0 Å². The van der Waals surface area contributed by atoms with Gasteiger partial charge in [0.05, 0.1) is 17.3 Å². The fourth-order valence-electron chi connectivity index (χ4n) is 4.15. The summed E-state index contributed by atoms with van der Waals surface area (Å²) >= 11 is 0. The lowest BCUT2D eigenvalue weighted by molar-refractivity contribution is 0.0499. The van der Waals surface area contributed by atoms with Gasteiger partial charge in [-0.1, -0.05) is 12.1 Å². The average Bonchev–Trinajstić information content (AvgIpc) is 3.25. The first kappa shape index (κ1) is 25.4. The van der Waals surface area contributed by atoms with Gasteiger partial charge in [0.1, 0.15) is 11.4 Å². The van der Waals surface area contributed by atoms with Gasteiger partial charge in [0.25, 0.3) is 5.91 Å². The van der Waals surface area contributed by atoms with Crippen LogP contribution in [-0.4, -0.2) is 56.4 Å². The quantitative estimate of drug-likeness (QED) is 0.494. The number of ether oxygens (including phenoxy) is 1. The van der Waals surface area contributed by atoms with Crippen LogP contribution in [0.4, 0.5) is 16.6 Å². The number of carbonyl (C=O) groups is 2. The first-order valence-corrected chi connectivity index (χ1v) is 12.1. The molecular weight excluding hydrogens is 460 g/mol. The maximum absolute atomic E-state index is 12.9. The van der Waals surface area contributed by atoms with Gasteiger partial charge < -0.3 is 25.4 Å². The molecule has 1 fully saturated rings. The molecule has 0 spiro atoms. The van der Waals surface area contributed by atoms with Crippen LogP contribution >= 0.6 is 0 Å². The molecule has 0 aliphatic carbocycles. The Morgan fingerprint density at radius 3 is 2.50 bits per heavy atom. The third-order valence-corrected chi connectivity index (χ3v) is 5.89. The van der Waals surface area contributed by atoms with E-state index in [2.05, 4.69) is 20.6 Å². The number of fused-ring (bicyclic) bond motifs is 1. The van der Waals surface area contributed by atoms with Crippen molar-refractivity contribution >= 4 is 29.3 Å². The Balaban J connectivity index is 1.52. The molecule has 3 N–H and O–H groups in total. The van der Waals surface area contributed by atoms with Crippen molar-refractivity contribution in [3.8, 4) is 0 Å². The highest BCUT2D eigenvalue weighted by Gasteiger charge is 2.27. The second-order valence-corrected chi connectivity index (χ2v) is 10.6. The monoisotopic (exact) mass is 494 g/mol. The van der Waals surface area contributed by atoms with Crippen LogP contribution in [0.3, 0.4) is 0 Å². The highest BCUT2D eigenvalue weighted by Crippen LogP contribution is 2.24. The fourth-order valence-corrected chi connectivity index (χ4v) is 4.15. The maximum atomic E-state index is 12.9. The minimum absolute atomic E-state index is 0.103. The van der Waals surface area contributed by atoms with E-state index in [-0.39, 0.29) is 11.9 Å². The molecule has 3 aromatic rings. The molecule has 0 bridgehead atoms. The van der Waals surface area contributed by atoms with Gasteiger partial charge in [-0.2, -0.15) is 10.1 Å². The summed E-state index contributed by atoms with van der Waals surface area (Å²) in [7, 11) is 0. The number of benzene rings is 1. The van der Waals surface area contributed by atoms with Crippen LogP contribution in [0.1, 0.15) is 63.4 Å². The third-order valence-electron chi connectivity index (χ3n) is 5.89. The standard InChI is InChI=1S/C26H34N6O4/c1-25(2,3)36-24(34)28-19-7-6-14-31(16-19)23-30-21(15-20-12-13-27-32(20)23)29-22(33)17-8-10-18(11-9-17)26(4,5)35/h8-13,15,19,35H,6-7,14,16H2,1-5H3,(H,28,34)(H,29,33). The number of carbonyl (C=O) groups excluding carboxylic acids is 2. The van der Waals surface area contributed by atoms with Gasteiger partial charge >= 0.3 is 6.09 Å². The molecule has 1 unspecified atom stereocenters. The van der Waals surface area contributed by atoms with E-state index in [1.165, 1.54) is 0 Å². The minimum Gasteiger partial charge on any atom is -0.444 e. The maximum Gasteiger partial charge on any atom is 0.407 e. The van der Waals surface area contributed by atoms with Crippen molar-refractivity contribution in [3.63, 3.8) is 0 Å². The van der Waals surface area contributed by atoms with E-state index in [4.69, 9.17) is 9.72 Å². The second kappa shape index (κ2) is 9.77. The largest absolute Gasteiger partial charge is 0.444 e. The number of nitrogens with one attached hydrogen (secondary N) is 2. The number of hydrogen-bond acceptors (Lipinski definition) is 7. The molecule has 10 nitrogen and oxygen atoms in total. The Bertz CT molecular complexity index is 1240. The number of anilines is 2. The van der Waals surface area contributed by atoms with Gasteiger partial charge in [0.2, 0.25) is 5.95 Å². The molecule has 10 heteroatoms. The predicted molar refractivity (Wildman–Crippen MR) is 137 cm³/mol. The molecule has 1 aliphatic rings. The molecular formula is C26H34N6O4. The molecule has 2 aromatic heterocycles. The topological polar surface area (TPSA) is 121 Å². The average molecular weight is 495 g/mol. The number of hydrogen-bond donors (Lipinski definition) is 3. The van der Waals surface area contributed by atoms with Crippen LogP contribution in [0.25, 0.3) is 5.52 Å². The van der Waals surface area contributed by atoms with Crippen LogP contribution in [0, 0.1) is 0 Å². The van der Waals surface area contributed by atoms with E-state index in [1.807, 2.05) is 26.8 Å². The summed E-state index contributed by atoms with van der Waals surface area (Å²) in [5.41, 5.74) is 0.417. The molecule has 1 saturated heterocycles. The molecule has 1 aliphatic heterocycles. The molecule has 0 saturated carbocycles. The number of rotatable bonds is 5. The van der Waals surface area contributed by atoms with E-state index in [0.29, 0.717) is 23.9 Å². The van der Waals surface area contributed by atoms with E-state index in [0.717, 1.165) is 30.5 Å². The Hall–Kier alpha value is -3.66. The molecule has 1 atom stereocenters. The van der Waals surface area contributed by atoms with Crippen molar-refractivity contribution in [2.24, 2.45) is 0 Å². The number of aromatic nitrogens is 3. The number of piperidine rings is 1. The zero-order valence-electron chi connectivity index (χ0n) is 21.4. The van der Waals surface area contributed by atoms with E-state index >= 15 is 0 Å². The Morgan fingerprint density at radius 2 is 1.83 bits per heavy atom. The lowest BCUT2D eigenvalue weighted by Crippen LogP contribution is -2.49. The number of nitrogens with zero attached hydrogens (tertiary/aromatic N) is 4. The third kappa shape index (κ3) is 6.12. The number of amides is 2. The van der Waals surface area contributed by atoms with Crippen LogP contribution < -0.4 is 15.5 Å². The van der Waals surface area contributed by atoms with Gasteiger partial charge in [-0.05, 0) is 71.2 Å². The van der Waals surface area contributed by atoms with Crippen LogP contribution in [0.15, 0.2) is 42.6 Å². The van der Waals surface area contributed by atoms with Crippen molar-refractivity contribution in [1.82, 2.24) is 19.9 Å². The summed E-state index contributed by atoms with van der Waals surface area (Å²) < 4.78 is 7.13. The van der Waals surface area contributed by atoms with Gasteiger partial charge in [-0.15, -0.1) is 0 Å². The second-order valence-electron chi connectivity index (χ2n) is 10.6. The first-order valence-electron chi connectivity index (χ1n) is 12.1. The van der Waals surface area contributed by atoms with Crippen molar-refractivity contribution in [3.05, 3.63) is 53.7 Å². The van der Waals surface area contributed by atoms with Crippen molar-refractivity contribution in [2.45, 2.75) is 64.7 Å².